The molecule has 392 valence electrons. The summed E-state index contributed by atoms with van der Waals surface area (Å²) in [6, 6.07) is 71.7. The summed E-state index contributed by atoms with van der Waals surface area (Å²) in [7, 11) is 0. The maximum Gasteiger partial charge on any atom is 0.0995 e. The van der Waals surface area contributed by atoms with Crippen molar-refractivity contribution in [2.24, 2.45) is 23.7 Å². The summed E-state index contributed by atoms with van der Waals surface area (Å²) < 4.78 is 2.65. The van der Waals surface area contributed by atoms with Crippen molar-refractivity contribution in [2.75, 3.05) is 0 Å². The van der Waals surface area contributed by atoms with E-state index >= 15 is 0 Å². The Morgan fingerprint density at radius 1 is 0.346 bits per heavy atom. The van der Waals surface area contributed by atoms with Gasteiger partial charge in [0.05, 0.1) is 39.8 Å². The molecule has 0 amide bonds. The lowest BCUT2D eigenvalue weighted by atomic mass is 9.58. The van der Waals surface area contributed by atoms with E-state index in [-0.39, 0.29) is 21.7 Å². The predicted octanol–water partition coefficient (Wildman–Crippen LogP) is 20.1. The van der Waals surface area contributed by atoms with Gasteiger partial charge in [-0.2, -0.15) is 10.5 Å². The zero-order valence-electron chi connectivity index (χ0n) is 47.0. The number of hydrogen-bond donors (Lipinski definition) is 0. The van der Waals surface area contributed by atoms with Crippen LogP contribution in [0, 0.1) is 46.3 Å². The summed E-state index contributed by atoms with van der Waals surface area (Å²) in [5.74, 6) is 2.45. The summed E-state index contributed by atoms with van der Waals surface area (Å²) >= 11 is 0. The van der Waals surface area contributed by atoms with Gasteiger partial charge in [-0.25, -0.2) is 0 Å². The first-order chi connectivity index (χ1) is 39.5. The minimum atomic E-state index is -0.146. The van der Waals surface area contributed by atoms with Gasteiger partial charge < -0.3 is 4.40 Å². The number of hydrogen-bond acceptors (Lipinski definition) is 2. The topological polar surface area (TPSA) is 52.0 Å². The Labute approximate surface area is 475 Å². The van der Waals surface area contributed by atoms with Gasteiger partial charge in [0.1, 0.15) is 0 Å². The summed E-state index contributed by atoms with van der Waals surface area (Å²) in [5, 5.41) is 29.0. The van der Waals surface area contributed by atoms with Gasteiger partial charge in [0.2, 0.25) is 0 Å². The molecule has 3 nitrogen and oxygen atoms in total. The van der Waals surface area contributed by atoms with Gasteiger partial charge in [-0.1, -0.05) is 185 Å². The molecule has 8 aliphatic carbocycles. The van der Waals surface area contributed by atoms with Crippen LogP contribution in [0.2, 0.25) is 0 Å². The Balaban J connectivity index is 1.19. The van der Waals surface area contributed by atoms with Crippen molar-refractivity contribution in [1.29, 1.82) is 10.5 Å². The van der Waals surface area contributed by atoms with E-state index in [1.807, 2.05) is 0 Å². The van der Waals surface area contributed by atoms with Gasteiger partial charge in [0.25, 0.3) is 0 Å². The highest BCUT2D eigenvalue weighted by Crippen LogP contribution is 2.67. The molecule has 2 aromatic heterocycles. The van der Waals surface area contributed by atoms with E-state index in [0.29, 0.717) is 23.7 Å². The van der Waals surface area contributed by atoms with Crippen LogP contribution in [0.25, 0.3) is 105 Å². The summed E-state index contributed by atoms with van der Waals surface area (Å²) in [6.45, 7) is 10.2. The van der Waals surface area contributed by atoms with Crippen molar-refractivity contribution in [2.45, 2.75) is 114 Å². The molecule has 9 aromatic carbocycles. The standard InChI is InChI=1S/C78H65N3/c1-75-36-46-31-47(37-75)41-77(3,40-46)72-68-62(33-54(44-79)70(72)75)81-63-34-55(45-80)71-73(78(4)42-48-32-49(43-78)39-76(71,2)38-48)69(63)67-61(65-58(52-23-13-7-14-24-52)29-18-30-59(65)53-25-15-8-16-26-53)35-60(66(68)74(67)81)64-56(50-19-9-5-10-20-50)27-17-28-57(64)51-21-11-6-12-22-51/h5-30,33-35,46-49H,31-32,36-43H2,1-4H3. The van der Waals surface area contributed by atoms with E-state index in [2.05, 4.69) is 220 Å². The summed E-state index contributed by atoms with van der Waals surface area (Å²) in [6.07, 6.45) is 11.6. The smallest absolute Gasteiger partial charge is 0.0995 e. The fourth-order valence-electron chi connectivity index (χ4n) is 20.3. The Morgan fingerprint density at radius 3 is 0.938 bits per heavy atom. The van der Waals surface area contributed by atoms with Crippen LogP contribution >= 0.6 is 0 Å². The molecule has 0 spiro atoms. The molecule has 4 atom stereocenters. The first-order valence-corrected chi connectivity index (χ1v) is 30.2. The van der Waals surface area contributed by atoms with Gasteiger partial charge in [0, 0.05) is 21.5 Å². The minimum Gasteiger partial charge on any atom is -0.308 e. The Kier molecular flexibility index (Phi) is 9.79. The number of nitrogens with zero attached hydrogens (tertiary/aromatic N) is 3. The third-order valence-corrected chi connectivity index (χ3v) is 22.0. The molecule has 8 bridgehead atoms. The van der Waals surface area contributed by atoms with Crippen LogP contribution in [0.3, 0.4) is 0 Å². The molecule has 4 fully saturated rings. The monoisotopic (exact) mass is 1040 g/mol. The predicted molar refractivity (Wildman–Crippen MR) is 333 cm³/mol. The molecule has 0 saturated heterocycles. The van der Waals surface area contributed by atoms with Crippen LogP contribution in [0.5, 0.6) is 0 Å². The molecule has 4 unspecified atom stereocenters. The normalized spacial score (nSPS) is 26.7. The number of nitriles is 2. The fraction of sp³-hybridized carbons (Fsp3) is 0.282. The van der Waals surface area contributed by atoms with Crippen molar-refractivity contribution in [3.05, 3.63) is 209 Å². The van der Waals surface area contributed by atoms with Crippen molar-refractivity contribution in [3.63, 3.8) is 0 Å². The molecule has 19 rings (SSSR count). The van der Waals surface area contributed by atoms with Gasteiger partial charge in [-0.15, -0.1) is 0 Å². The molecule has 0 N–H and O–H groups in total. The van der Waals surface area contributed by atoms with Gasteiger partial charge in [0.15, 0.2) is 0 Å². The van der Waals surface area contributed by atoms with E-state index in [1.165, 1.54) is 129 Å². The largest absolute Gasteiger partial charge is 0.308 e. The first-order valence-electron chi connectivity index (χ1n) is 30.2. The number of rotatable bonds is 6. The molecule has 2 heterocycles. The average molecular weight is 1040 g/mol. The molecule has 4 saturated carbocycles. The van der Waals surface area contributed by atoms with E-state index in [9.17, 15) is 10.5 Å². The highest BCUT2D eigenvalue weighted by molar-refractivity contribution is 6.33. The molecule has 8 aliphatic rings. The second-order valence-corrected chi connectivity index (χ2v) is 27.5. The lowest BCUT2D eigenvalue weighted by Gasteiger charge is -2.46. The van der Waals surface area contributed by atoms with Crippen LogP contribution < -0.4 is 0 Å². The van der Waals surface area contributed by atoms with Crippen LogP contribution in [-0.2, 0) is 21.7 Å². The quantitative estimate of drug-likeness (QED) is 0.167. The minimum absolute atomic E-state index is 0.125. The van der Waals surface area contributed by atoms with Gasteiger partial charge in [-0.3, -0.25) is 0 Å². The van der Waals surface area contributed by atoms with Gasteiger partial charge >= 0.3 is 0 Å². The number of fused-ring (bicyclic) bond motifs is 6. The maximum atomic E-state index is 11.9. The zero-order chi connectivity index (χ0) is 54.3. The van der Waals surface area contributed by atoms with E-state index < -0.39 is 0 Å². The first kappa shape index (κ1) is 47.6. The second kappa shape index (κ2) is 16.7. The van der Waals surface area contributed by atoms with E-state index in [1.54, 1.807) is 0 Å². The molecule has 3 heteroatoms. The third kappa shape index (κ3) is 6.50. The zero-order valence-corrected chi connectivity index (χ0v) is 47.0. The fourth-order valence-corrected chi connectivity index (χ4v) is 20.3. The molecular weight excluding hydrogens is 979 g/mol. The van der Waals surface area contributed by atoms with Crippen LogP contribution in [0.4, 0.5) is 0 Å². The molecule has 81 heavy (non-hydrogen) atoms. The van der Waals surface area contributed by atoms with E-state index in [4.69, 9.17) is 0 Å². The second-order valence-electron chi connectivity index (χ2n) is 27.5. The lowest BCUT2D eigenvalue weighted by Crippen LogP contribution is -2.39. The van der Waals surface area contributed by atoms with Crippen molar-refractivity contribution in [1.82, 2.24) is 4.40 Å². The third-order valence-electron chi connectivity index (χ3n) is 22.0. The Hall–Kier alpha value is -8.24. The molecule has 0 radical (unpaired) electrons. The van der Waals surface area contributed by atoms with E-state index in [0.717, 1.165) is 73.5 Å². The molecule has 11 aromatic rings. The molecular formula is C78H65N3. The Bertz CT molecular complexity index is 4140. The maximum absolute atomic E-state index is 11.9. The molecule has 0 aliphatic heterocycles. The van der Waals surface area contributed by atoms with Gasteiger partial charge in [-0.05, 0) is 217 Å². The van der Waals surface area contributed by atoms with Crippen LogP contribution in [0.1, 0.15) is 125 Å². The lowest BCUT2D eigenvalue weighted by molar-refractivity contribution is 0.0899. The van der Waals surface area contributed by atoms with Crippen molar-refractivity contribution >= 4 is 38.1 Å². The average Bonchev–Trinajstić information content (AvgIpc) is 1.74. The highest BCUT2D eigenvalue weighted by atomic mass is 14.9. The summed E-state index contributed by atoms with van der Waals surface area (Å²) in [5.41, 5.74) is 24.4. The Morgan fingerprint density at radius 2 is 0.642 bits per heavy atom. The van der Waals surface area contributed by atoms with Crippen LogP contribution in [0.15, 0.2) is 176 Å². The highest BCUT2D eigenvalue weighted by Gasteiger charge is 2.57. The number of aromatic nitrogens is 1. The van der Waals surface area contributed by atoms with Crippen LogP contribution in [-0.4, -0.2) is 4.40 Å². The SMILES string of the molecule is CC12CC3CC(C1)CC(C)(C3)c1c2c(C#N)cc2c1c1c(-c3c(-c4ccccc4)cccc3-c3ccccc3)cc(-c3c(-c4ccccc4)cccc3-c3ccccc3)c3c4c5c(c(C#N)cc4n2c13)C1(C)CC2CC(C1)CC5(C)C2. The van der Waals surface area contributed by atoms with Crippen molar-refractivity contribution in [3.8, 4) is 78.9 Å². The number of benzene rings is 9. The summed E-state index contributed by atoms with van der Waals surface area (Å²) in [4.78, 5) is 0. The van der Waals surface area contributed by atoms with Crippen molar-refractivity contribution < 1.29 is 0 Å².